The molecule has 0 unspecified atom stereocenters. The highest BCUT2D eigenvalue weighted by atomic mass is 35.5. The van der Waals surface area contributed by atoms with Crippen molar-refractivity contribution in [1.82, 2.24) is 20.0 Å². The molecule has 4 rings (SSSR count). The standard InChI is InChI=1S/C29H33ClN4O3/c1-19(2)37-27-11-10-23(16-25(27)30)29(36)32-24(17-31-12-14-35)15-21-6-8-22(9-7-21)26-18-34-13-4-5-20(3)28(34)33-26/h4-11,13,16,18-19,24,31,35H,12,14-15,17H2,1-3H3,(H,32,36)/t24-/m0/s1. The Labute approximate surface area is 222 Å². The molecule has 2 heterocycles. The molecule has 4 aromatic rings. The van der Waals surface area contributed by atoms with Gasteiger partial charge in [-0.25, -0.2) is 4.98 Å². The fourth-order valence-corrected chi connectivity index (χ4v) is 4.40. The highest BCUT2D eigenvalue weighted by Gasteiger charge is 2.17. The van der Waals surface area contributed by atoms with Crippen LogP contribution in [0.15, 0.2) is 67.0 Å². The number of nitrogens with one attached hydrogen (secondary N) is 2. The molecular weight excluding hydrogens is 488 g/mol. The van der Waals surface area contributed by atoms with Crippen LogP contribution in [0.4, 0.5) is 0 Å². The van der Waals surface area contributed by atoms with Crippen molar-refractivity contribution in [3.05, 3.63) is 88.7 Å². The fraction of sp³-hybridized carbons (Fsp3) is 0.310. The van der Waals surface area contributed by atoms with Crippen molar-refractivity contribution >= 4 is 23.2 Å². The van der Waals surface area contributed by atoms with Gasteiger partial charge in [0.1, 0.15) is 11.4 Å². The maximum absolute atomic E-state index is 13.0. The monoisotopic (exact) mass is 520 g/mol. The fourth-order valence-electron chi connectivity index (χ4n) is 4.18. The van der Waals surface area contributed by atoms with E-state index in [9.17, 15) is 9.90 Å². The second-order valence-corrected chi connectivity index (χ2v) is 9.77. The van der Waals surface area contributed by atoms with E-state index >= 15 is 0 Å². The molecule has 0 aliphatic rings. The lowest BCUT2D eigenvalue weighted by atomic mass is 10.0. The van der Waals surface area contributed by atoms with E-state index in [1.54, 1.807) is 18.2 Å². The van der Waals surface area contributed by atoms with Crippen molar-refractivity contribution in [3.8, 4) is 17.0 Å². The summed E-state index contributed by atoms with van der Waals surface area (Å²) in [6, 6.07) is 17.2. The Balaban J connectivity index is 1.46. The molecule has 8 heteroatoms. The number of fused-ring (bicyclic) bond motifs is 1. The van der Waals surface area contributed by atoms with E-state index in [2.05, 4.69) is 47.9 Å². The number of aliphatic hydroxyl groups is 1. The summed E-state index contributed by atoms with van der Waals surface area (Å²) < 4.78 is 7.70. The average molecular weight is 521 g/mol. The molecule has 0 fully saturated rings. The van der Waals surface area contributed by atoms with Gasteiger partial charge in [0.15, 0.2) is 0 Å². The smallest absolute Gasteiger partial charge is 0.251 e. The number of benzene rings is 2. The summed E-state index contributed by atoms with van der Waals surface area (Å²) in [4.78, 5) is 17.8. The zero-order valence-corrected chi connectivity index (χ0v) is 22.1. The van der Waals surface area contributed by atoms with E-state index in [1.807, 2.05) is 36.7 Å². The Morgan fingerprint density at radius 1 is 1.16 bits per heavy atom. The number of imidazole rings is 1. The van der Waals surface area contributed by atoms with Gasteiger partial charge in [-0.3, -0.25) is 4.79 Å². The summed E-state index contributed by atoms with van der Waals surface area (Å²) in [7, 11) is 0. The molecule has 2 aromatic carbocycles. The summed E-state index contributed by atoms with van der Waals surface area (Å²) in [6.45, 7) is 6.89. The maximum atomic E-state index is 13.0. The number of carbonyl (C=O) groups excluding carboxylic acids is 1. The molecule has 0 aliphatic carbocycles. The van der Waals surface area contributed by atoms with Crippen LogP contribution in [-0.4, -0.2) is 52.2 Å². The van der Waals surface area contributed by atoms with Gasteiger partial charge < -0.3 is 24.9 Å². The van der Waals surface area contributed by atoms with E-state index in [4.69, 9.17) is 21.3 Å². The highest BCUT2D eigenvalue weighted by molar-refractivity contribution is 6.32. The Hall–Kier alpha value is -3.39. The predicted molar refractivity (Wildman–Crippen MR) is 147 cm³/mol. The third kappa shape index (κ3) is 6.89. The van der Waals surface area contributed by atoms with Gasteiger partial charge in [0.05, 0.1) is 23.4 Å². The van der Waals surface area contributed by atoms with Crippen LogP contribution in [0.25, 0.3) is 16.9 Å². The van der Waals surface area contributed by atoms with Crippen molar-refractivity contribution in [2.24, 2.45) is 0 Å². The zero-order valence-electron chi connectivity index (χ0n) is 21.4. The van der Waals surface area contributed by atoms with Crippen LogP contribution in [0.3, 0.4) is 0 Å². The number of aliphatic hydroxyl groups excluding tert-OH is 1. The van der Waals surface area contributed by atoms with Crippen molar-refractivity contribution in [2.45, 2.75) is 39.3 Å². The first kappa shape index (κ1) is 26.7. The van der Waals surface area contributed by atoms with Gasteiger partial charge in [-0.2, -0.15) is 0 Å². The van der Waals surface area contributed by atoms with Gasteiger partial charge in [-0.1, -0.05) is 41.9 Å². The van der Waals surface area contributed by atoms with Crippen LogP contribution in [0.1, 0.15) is 35.3 Å². The molecule has 1 atom stereocenters. The lowest BCUT2D eigenvalue weighted by Gasteiger charge is -2.20. The first-order chi connectivity index (χ1) is 17.8. The summed E-state index contributed by atoms with van der Waals surface area (Å²) >= 11 is 6.33. The van der Waals surface area contributed by atoms with Crippen LogP contribution in [0, 0.1) is 6.92 Å². The lowest BCUT2D eigenvalue weighted by Crippen LogP contribution is -2.44. The van der Waals surface area contributed by atoms with Crippen LogP contribution < -0.4 is 15.4 Å². The molecule has 1 amide bonds. The van der Waals surface area contributed by atoms with Crippen LogP contribution in [0.5, 0.6) is 5.75 Å². The van der Waals surface area contributed by atoms with Crippen molar-refractivity contribution in [2.75, 3.05) is 19.7 Å². The summed E-state index contributed by atoms with van der Waals surface area (Å²) in [6.07, 6.45) is 4.64. The molecule has 3 N–H and O–H groups in total. The van der Waals surface area contributed by atoms with Gasteiger partial charge in [0, 0.05) is 42.7 Å². The molecule has 0 saturated heterocycles. The van der Waals surface area contributed by atoms with Crippen LogP contribution in [0.2, 0.25) is 5.02 Å². The Kier molecular flexibility index (Phi) is 8.82. The summed E-state index contributed by atoms with van der Waals surface area (Å²) in [5.41, 5.74) is 5.57. The molecule has 2 aromatic heterocycles. The van der Waals surface area contributed by atoms with E-state index in [0.717, 1.165) is 28.0 Å². The molecule has 7 nitrogen and oxygen atoms in total. The number of halogens is 1. The molecule has 194 valence electrons. The molecule has 0 aliphatic heterocycles. The average Bonchev–Trinajstić information content (AvgIpc) is 3.31. The summed E-state index contributed by atoms with van der Waals surface area (Å²) in [5.74, 6) is 0.334. The first-order valence-corrected chi connectivity index (χ1v) is 12.8. The number of hydrogen-bond donors (Lipinski definition) is 3. The van der Waals surface area contributed by atoms with Gasteiger partial charge >= 0.3 is 0 Å². The van der Waals surface area contributed by atoms with E-state index in [-0.39, 0.29) is 24.7 Å². The number of aromatic nitrogens is 2. The molecular formula is C29H33ClN4O3. The SMILES string of the molecule is Cc1cccn2cc(-c3ccc(C[C@@H](CNCCO)NC(=O)c4ccc(OC(C)C)c(Cl)c4)cc3)nc12. The summed E-state index contributed by atoms with van der Waals surface area (Å²) in [5, 5.41) is 15.9. The number of pyridine rings is 1. The largest absolute Gasteiger partial charge is 0.489 e. The molecule has 37 heavy (non-hydrogen) atoms. The minimum atomic E-state index is -0.217. The number of ether oxygens (including phenoxy) is 1. The number of rotatable bonds is 11. The van der Waals surface area contributed by atoms with Crippen molar-refractivity contribution in [1.29, 1.82) is 0 Å². The Bertz CT molecular complexity index is 1350. The predicted octanol–water partition coefficient (Wildman–Crippen LogP) is 4.67. The second-order valence-electron chi connectivity index (χ2n) is 9.36. The normalized spacial score (nSPS) is 12.2. The van der Waals surface area contributed by atoms with E-state index < -0.39 is 0 Å². The highest BCUT2D eigenvalue weighted by Crippen LogP contribution is 2.26. The molecule has 0 spiro atoms. The van der Waals surface area contributed by atoms with Gasteiger partial charge in [-0.05, 0) is 62.6 Å². The molecule has 0 saturated carbocycles. The number of hydrogen-bond acceptors (Lipinski definition) is 5. The molecule has 0 bridgehead atoms. The van der Waals surface area contributed by atoms with E-state index in [1.165, 1.54) is 0 Å². The minimum absolute atomic E-state index is 0.0117. The number of nitrogens with zero attached hydrogens (tertiary/aromatic N) is 2. The van der Waals surface area contributed by atoms with Crippen molar-refractivity contribution < 1.29 is 14.6 Å². The van der Waals surface area contributed by atoms with Gasteiger partial charge in [-0.15, -0.1) is 0 Å². The van der Waals surface area contributed by atoms with Gasteiger partial charge in [0.2, 0.25) is 0 Å². The third-order valence-electron chi connectivity index (χ3n) is 5.98. The van der Waals surface area contributed by atoms with Crippen molar-refractivity contribution in [3.63, 3.8) is 0 Å². The third-order valence-corrected chi connectivity index (χ3v) is 6.28. The quantitative estimate of drug-likeness (QED) is 0.250. The molecule has 0 radical (unpaired) electrons. The zero-order chi connectivity index (χ0) is 26.4. The topological polar surface area (TPSA) is 87.9 Å². The van der Waals surface area contributed by atoms with Crippen LogP contribution >= 0.6 is 11.6 Å². The first-order valence-electron chi connectivity index (χ1n) is 12.5. The Morgan fingerprint density at radius 2 is 1.95 bits per heavy atom. The maximum Gasteiger partial charge on any atom is 0.251 e. The minimum Gasteiger partial charge on any atom is -0.489 e. The van der Waals surface area contributed by atoms with Crippen LogP contribution in [-0.2, 0) is 6.42 Å². The van der Waals surface area contributed by atoms with Gasteiger partial charge in [0.25, 0.3) is 5.91 Å². The number of carbonyl (C=O) groups is 1. The Morgan fingerprint density at radius 3 is 2.62 bits per heavy atom. The lowest BCUT2D eigenvalue weighted by molar-refractivity contribution is 0.0936. The second kappa shape index (κ2) is 12.2. The van der Waals surface area contributed by atoms with E-state index in [0.29, 0.717) is 35.8 Å². The number of amides is 1. The number of aryl methyl sites for hydroxylation is 1.